The molecule has 1 atom stereocenters. The lowest BCUT2D eigenvalue weighted by Crippen LogP contribution is -2.28. The van der Waals surface area contributed by atoms with Gasteiger partial charge in [0.05, 0.1) is 5.52 Å². The molecule has 1 aromatic carbocycles. The zero-order valence-electron chi connectivity index (χ0n) is 12.2. The second-order valence-electron chi connectivity index (χ2n) is 5.79. The van der Waals surface area contributed by atoms with Gasteiger partial charge in [0.2, 0.25) is 0 Å². The highest BCUT2D eigenvalue weighted by Crippen LogP contribution is 2.17. The lowest BCUT2D eigenvalue weighted by Gasteiger charge is -2.17. The molecule has 1 fully saturated rings. The van der Waals surface area contributed by atoms with Gasteiger partial charge in [-0.05, 0) is 51.4 Å². The van der Waals surface area contributed by atoms with E-state index >= 15 is 0 Å². The Balaban J connectivity index is 1.83. The summed E-state index contributed by atoms with van der Waals surface area (Å²) in [7, 11) is 0. The van der Waals surface area contributed by atoms with Crippen LogP contribution < -0.4 is 5.32 Å². The Morgan fingerprint density at radius 1 is 1.40 bits per heavy atom. The van der Waals surface area contributed by atoms with Crippen molar-refractivity contribution in [3.63, 3.8) is 0 Å². The molecule has 3 rings (SSSR count). The number of nitrogens with one attached hydrogen (secondary N) is 1. The molecule has 3 nitrogen and oxygen atoms in total. The monoisotopic (exact) mass is 267 g/mol. The second kappa shape index (κ2) is 5.68. The van der Waals surface area contributed by atoms with Crippen molar-refractivity contribution in [3.8, 4) is 11.8 Å². The van der Waals surface area contributed by atoms with Crippen LogP contribution in [0.25, 0.3) is 10.9 Å². The Labute approximate surface area is 120 Å². The molecular formula is C17H21N3. The van der Waals surface area contributed by atoms with Crippen LogP contribution in [0.2, 0.25) is 0 Å². The maximum atomic E-state index is 4.60. The van der Waals surface area contributed by atoms with Gasteiger partial charge in [-0.2, -0.15) is 5.10 Å². The van der Waals surface area contributed by atoms with Gasteiger partial charge < -0.3 is 5.32 Å². The van der Waals surface area contributed by atoms with Gasteiger partial charge in [0, 0.05) is 35.7 Å². The van der Waals surface area contributed by atoms with E-state index in [1.807, 2.05) is 4.68 Å². The average Bonchev–Trinajstić information content (AvgIpc) is 2.89. The van der Waals surface area contributed by atoms with Crippen molar-refractivity contribution in [1.29, 1.82) is 0 Å². The van der Waals surface area contributed by atoms with Gasteiger partial charge in [0.25, 0.3) is 0 Å². The third-order valence-electron chi connectivity index (χ3n) is 3.77. The predicted octanol–water partition coefficient (Wildman–Crippen LogP) is 2.97. The van der Waals surface area contributed by atoms with E-state index in [-0.39, 0.29) is 0 Å². The topological polar surface area (TPSA) is 29.9 Å². The summed E-state index contributed by atoms with van der Waals surface area (Å²) >= 11 is 0. The highest BCUT2D eigenvalue weighted by atomic mass is 15.3. The number of hydrogen-bond donors (Lipinski definition) is 1. The average molecular weight is 267 g/mol. The van der Waals surface area contributed by atoms with Gasteiger partial charge in [-0.15, -0.1) is 0 Å². The Morgan fingerprint density at radius 3 is 3.05 bits per heavy atom. The van der Waals surface area contributed by atoms with Crippen LogP contribution in [0, 0.1) is 17.8 Å². The molecule has 0 radical (unpaired) electrons. The van der Waals surface area contributed by atoms with E-state index in [1.165, 1.54) is 18.2 Å². The van der Waals surface area contributed by atoms with Gasteiger partial charge in [0.15, 0.2) is 0 Å². The molecule has 1 aromatic heterocycles. The van der Waals surface area contributed by atoms with Crippen molar-refractivity contribution in [2.45, 2.75) is 32.7 Å². The van der Waals surface area contributed by atoms with Crippen LogP contribution in [0.5, 0.6) is 0 Å². The largest absolute Gasteiger partial charge is 0.316 e. The molecule has 0 amide bonds. The fourth-order valence-corrected chi connectivity index (χ4v) is 2.54. The molecule has 20 heavy (non-hydrogen) atoms. The zero-order chi connectivity index (χ0) is 13.9. The number of aromatic nitrogens is 2. The molecule has 0 bridgehead atoms. The van der Waals surface area contributed by atoms with Gasteiger partial charge in [-0.25, -0.2) is 0 Å². The fraction of sp³-hybridized carbons (Fsp3) is 0.471. The minimum atomic E-state index is 0.394. The summed E-state index contributed by atoms with van der Waals surface area (Å²) in [4.78, 5) is 0. The van der Waals surface area contributed by atoms with Crippen LogP contribution in [0.1, 0.15) is 38.3 Å². The summed E-state index contributed by atoms with van der Waals surface area (Å²) in [5.41, 5.74) is 2.10. The summed E-state index contributed by atoms with van der Waals surface area (Å²) < 4.78 is 2.01. The van der Waals surface area contributed by atoms with Crippen LogP contribution >= 0.6 is 0 Å². The molecule has 2 aromatic rings. The summed E-state index contributed by atoms with van der Waals surface area (Å²) in [6.07, 6.45) is 4.55. The first-order chi connectivity index (χ1) is 9.72. The molecule has 0 spiro atoms. The molecule has 104 valence electrons. The van der Waals surface area contributed by atoms with E-state index in [0.717, 1.165) is 24.2 Å². The van der Waals surface area contributed by atoms with Crippen molar-refractivity contribution in [2.75, 3.05) is 13.1 Å². The maximum absolute atomic E-state index is 4.60. The number of hydrogen-bond acceptors (Lipinski definition) is 2. The molecule has 0 aliphatic carbocycles. The molecule has 0 saturated carbocycles. The minimum absolute atomic E-state index is 0.394. The van der Waals surface area contributed by atoms with E-state index in [0.29, 0.717) is 12.0 Å². The van der Waals surface area contributed by atoms with Crippen molar-refractivity contribution < 1.29 is 0 Å². The lowest BCUT2D eigenvalue weighted by molar-refractivity contribution is 0.449. The third-order valence-corrected chi connectivity index (χ3v) is 3.77. The van der Waals surface area contributed by atoms with Gasteiger partial charge >= 0.3 is 0 Å². The summed E-state index contributed by atoms with van der Waals surface area (Å²) in [5, 5.41) is 9.19. The first-order valence-electron chi connectivity index (χ1n) is 7.43. The summed E-state index contributed by atoms with van der Waals surface area (Å²) in [6.45, 7) is 6.44. The van der Waals surface area contributed by atoms with Crippen LogP contribution in [0.15, 0.2) is 24.4 Å². The Kier molecular flexibility index (Phi) is 3.75. The maximum Gasteiger partial charge on any atom is 0.0935 e. The second-order valence-corrected chi connectivity index (χ2v) is 5.79. The lowest BCUT2D eigenvalue weighted by atomic mass is 10.00. The number of fused-ring (bicyclic) bond motifs is 1. The van der Waals surface area contributed by atoms with Gasteiger partial charge in [-0.1, -0.05) is 11.8 Å². The molecule has 2 heterocycles. The van der Waals surface area contributed by atoms with Crippen molar-refractivity contribution >= 4 is 10.9 Å². The van der Waals surface area contributed by atoms with E-state index in [9.17, 15) is 0 Å². The molecule has 1 N–H and O–H groups in total. The van der Waals surface area contributed by atoms with Crippen molar-refractivity contribution in [2.24, 2.45) is 5.92 Å². The number of nitrogens with zero attached hydrogens (tertiary/aromatic N) is 2. The molecular weight excluding hydrogens is 246 g/mol. The first-order valence-corrected chi connectivity index (χ1v) is 7.43. The van der Waals surface area contributed by atoms with Crippen molar-refractivity contribution in [1.82, 2.24) is 15.1 Å². The Morgan fingerprint density at radius 2 is 2.30 bits per heavy atom. The van der Waals surface area contributed by atoms with Crippen LogP contribution in [-0.2, 0) is 0 Å². The molecule has 1 saturated heterocycles. The normalized spacial score (nSPS) is 19.1. The molecule has 0 unspecified atom stereocenters. The number of piperidine rings is 1. The number of benzene rings is 1. The SMILES string of the molecule is CC(C)n1cc2ccc(C#C[C@H]3CCCNC3)cc2n1. The summed E-state index contributed by atoms with van der Waals surface area (Å²) in [6, 6.07) is 6.70. The van der Waals surface area contributed by atoms with Crippen LogP contribution in [0.3, 0.4) is 0 Å². The minimum Gasteiger partial charge on any atom is -0.316 e. The quantitative estimate of drug-likeness (QED) is 0.805. The van der Waals surface area contributed by atoms with E-state index in [1.54, 1.807) is 0 Å². The fourth-order valence-electron chi connectivity index (χ4n) is 2.54. The highest BCUT2D eigenvalue weighted by molar-refractivity contribution is 5.79. The third kappa shape index (κ3) is 2.86. The van der Waals surface area contributed by atoms with E-state index < -0.39 is 0 Å². The van der Waals surface area contributed by atoms with Gasteiger partial charge in [0.1, 0.15) is 0 Å². The van der Waals surface area contributed by atoms with E-state index in [4.69, 9.17) is 0 Å². The molecule has 1 aliphatic rings. The van der Waals surface area contributed by atoms with Gasteiger partial charge in [-0.3, -0.25) is 4.68 Å². The van der Waals surface area contributed by atoms with E-state index in [2.05, 4.69) is 60.5 Å². The Hall–Kier alpha value is -1.79. The predicted molar refractivity (Wildman–Crippen MR) is 82.6 cm³/mol. The zero-order valence-corrected chi connectivity index (χ0v) is 12.2. The highest BCUT2D eigenvalue weighted by Gasteiger charge is 2.09. The standard InChI is InChI=1S/C17H21N3/c1-13(2)20-12-16-8-7-14(10-17(16)19-20)5-6-15-4-3-9-18-11-15/h7-8,10,12-13,15,18H,3-4,9,11H2,1-2H3/t15-/m1/s1. The molecule has 1 aliphatic heterocycles. The summed E-state index contributed by atoms with van der Waals surface area (Å²) in [5.74, 6) is 7.18. The smallest absolute Gasteiger partial charge is 0.0935 e. The van der Waals surface area contributed by atoms with Crippen LogP contribution in [0.4, 0.5) is 0 Å². The first kappa shape index (κ1) is 13.2. The van der Waals surface area contributed by atoms with Crippen LogP contribution in [-0.4, -0.2) is 22.9 Å². The van der Waals surface area contributed by atoms with Crippen molar-refractivity contribution in [3.05, 3.63) is 30.0 Å². The molecule has 3 heteroatoms. The number of rotatable bonds is 1. The Bertz CT molecular complexity index is 652.